The molecule has 16 heavy (non-hydrogen) atoms. The van der Waals surface area contributed by atoms with Gasteiger partial charge in [0.2, 0.25) is 5.60 Å². The monoisotopic (exact) mass is 266 g/mol. The third-order valence-electron chi connectivity index (χ3n) is 1.44. The molecule has 0 radical (unpaired) electrons. The van der Waals surface area contributed by atoms with Crippen LogP contribution in [0.25, 0.3) is 0 Å². The van der Waals surface area contributed by atoms with Crippen molar-refractivity contribution in [3.05, 3.63) is 0 Å². The molecule has 0 aromatic carbocycles. The summed E-state index contributed by atoms with van der Waals surface area (Å²) in [5.74, 6) is -5.05. The van der Waals surface area contributed by atoms with E-state index in [2.05, 4.69) is 4.89 Å². The number of hydrogen-bond acceptors (Lipinski definition) is 5. The molecule has 0 heterocycles. The maximum atomic E-state index is 10.5. The Kier molecular flexibility index (Phi) is 12.0. The van der Waals surface area contributed by atoms with Gasteiger partial charge in [-0.2, -0.15) is 0 Å². The normalized spacial score (nSPS) is 9.56. The van der Waals surface area contributed by atoms with Gasteiger partial charge in [0.05, 0.1) is 12.8 Å². The SMILES string of the molecule is O.O=C(O)CC(CC(=O)O)(OO)C(=O)O.[KH]. The molecule has 0 bridgehead atoms. The molecule has 0 aliphatic carbocycles. The van der Waals surface area contributed by atoms with Gasteiger partial charge in [-0.05, 0) is 0 Å². The molecule has 0 aromatic rings. The number of aliphatic carboxylic acids is 3. The molecule has 10 heteroatoms. The van der Waals surface area contributed by atoms with Gasteiger partial charge < -0.3 is 20.8 Å². The van der Waals surface area contributed by atoms with Crippen molar-refractivity contribution in [1.29, 1.82) is 0 Å². The molecule has 0 amide bonds. The Hall–Kier alpha value is -0.0736. The summed E-state index contributed by atoms with van der Waals surface area (Å²) in [6, 6.07) is 0. The first-order valence-corrected chi connectivity index (χ1v) is 3.33. The quantitative estimate of drug-likeness (QED) is 0.237. The molecule has 0 aliphatic rings. The van der Waals surface area contributed by atoms with E-state index in [4.69, 9.17) is 20.6 Å². The molecule has 0 unspecified atom stereocenters. The zero-order chi connectivity index (χ0) is 11.4. The Labute approximate surface area is 132 Å². The molecule has 0 saturated carbocycles. The van der Waals surface area contributed by atoms with Crippen LogP contribution in [0.15, 0.2) is 0 Å². The van der Waals surface area contributed by atoms with Crippen LogP contribution in [0.2, 0.25) is 0 Å². The van der Waals surface area contributed by atoms with Crippen molar-refractivity contribution < 1.29 is 45.3 Å². The molecule has 0 fully saturated rings. The zero-order valence-corrected chi connectivity index (χ0v) is 7.34. The average molecular weight is 266 g/mol. The molecule has 0 rings (SSSR count). The van der Waals surface area contributed by atoms with E-state index >= 15 is 0 Å². The van der Waals surface area contributed by atoms with Gasteiger partial charge in [0, 0.05) is 0 Å². The summed E-state index contributed by atoms with van der Waals surface area (Å²) in [6.07, 6.45) is -2.30. The predicted octanol–water partition coefficient (Wildman–Crippen LogP) is -2.22. The van der Waals surface area contributed by atoms with Crippen LogP contribution in [-0.4, -0.2) is 101 Å². The number of carboxylic acids is 3. The Bertz CT molecular complexity index is 247. The van der Waals surface area contributed by atoms with Crippen molar-refractivity contribution in [2.45, 2.75) is 18.4 Å². The number of carboxylic acid groups (broad SMARTS) is 3. The third kappa shape index (κ3) is 6.50. The summed E-state index contributed by atoms with van der Waals surface area (Å²) in [6.45, 7) is 0. The molecule has 0 aliphatic heterocycles. The average Bonchev–Trinajstić information content (AvgIpc) is 2.00. The van der Waals surface area contributed by atoms with E-state index in [1.165, 1.54) is 0 Å². The molecule has 0 saturated heterocycles. The summed E-state index contributed by atoms with van der Waals surface area (Å²) in [4.78, 5) is 34.4. The van der Waals surface area contributed by atoms with Gasteiger partial charge >= 0.3 is 69.3 Å². The first kappa shape index (κ1) is 21.2. The summed E-state index contributed by atoms with van der Waals surface area (Å²) in [5.41, 5.74) is -2.64. The molecule has 0 atom stereocenters. The fourth-order valence-corrected chi connectivity index (χ4v) is 0.806. The first-order chi connectivity index (χ1) is 6.34. The van der Waals surface area contributed by atoms with Crippen LogP contribution in [0, 0.1) is 0 Å². The second-order valence-corrected chi connectivity index (χ2v) is 2.53. The van der Waals surface area contributed by atoms with Crippen LogP contribution >= 0.6 is 0 Å². The second kappa shape index (κ2) is 9.01. The molecule has 6 N–H and O–H groups in total. The topological polar surface area (TPSA) is 173 Å². The van der Waals surface area contributed by atoms with Crippen molar-refractivity contribution in [1.82, 2.24) is 0 Å². The minimum absolute atomic E-state index is 0. The number of hydrogen-bond donors (Lipinski definition) is 4. The van der Waals surface area contributed by atoms with Crippen LogP contribution in [0.5, 0.6) is 0 Å². The Balaban J connectivity index is -0.000000845. The van der Waals surface area contributed by atoms with Gasteiger partial charge in [-0.1, -0.05) is 0 Å². The fourth-order valence-electron chi connectivity index (χ4n) is 0.806. The van der Waals surface area contributed by atoms with E-state index in [1.54, 1.807) is 0 Å². The van der Waals surface area contributed by atoms with Crippen molar-refractivity contribution in [3.63, 3.8) is 0 Å². The van der Waals surface area contributed by atoms with E-state index in [0.29, 0.717) is 0 Å². The maximum absolute atomic E-state index is 10.5. The van der Waals surface area contributed by atoms with Gasteiger partial charge in [-0.25, -0.2) is 9.68 Å². The van der Waals surface area contributed by atoms with Gasteiger partial charge in [-0.3, -0.25) is 14.8 Å². The number of carbonyl (C=O) groups is 3. The first-order valence-electron chi connectivity index (χ1n) is 3.33. The number of rotatable bonds is 6. The summed E-state index contributed by atoms with van der Waals surface area (Å²) in [5, 5.41) is 33.3. The van der Waals surface area contributed by atoms with Crippen molar-refractivity contribution in [2.75, 3.05) is 0 Å². The van der Waals surface area contributed by atoms with Crippen molar-refractivity contribution in [2.24, 2.45) is 0 Å². The van der Waals surface area contributed by atoms with E-state index < -0.39 is 36.4 Å². The predicted molar refractivity (Wildman–Crippen MR) is 49.3 cm³/mol. The molecular formula is C6H11KO9. The van der Waals surface area contributed by atoms with E-state index in [0.717, 1.165) is 0 Å². The van der Waals surface area contributed by atoms with E-state index in [9.17, 15) is 14.4 Å². The minimum atomic E-state index is -2.64. The molecule has 9 nitrogen and oxygen atoms in total. The molecule has 90 valence electrons. The Morgan fingerprint density at radius 1 is 1.00 bits per heavy atom. The van der Waals surface area contributed by atoms with Crippen molar-refractivity contribution in [3.8, 4) is 0 Å². The van der Waals surface area contributed by atoms with E-state index in [1.807, 2.05) is 0 Å². The van der Waals surface area contributed by atoms with Crippen molar-refractivity contribution >= 4 is 69.3 Å². The summed E-state index contributed by atoms with van der Waals surface area (Å²) >= 11 is 0. The third-order valence-corrected chi connectivity index (χ3v) is 1.44. The molecule has 0 aromatic heterocycles. The Morgan fingerprint density at radius 3 is 1.44 bits per heavy atom. The van der Waals surface area contributed by atoms with E-state index in [-0.39, 0.29) is 56.9 Å². The summed E-state index contributed by atoms with van der Waals surface area (Å²) < 4.78 is 0. The van der Waals surface area contributed by atoms with Gasteiger partial charge in [0.1, 0.15) is 0 Å². The van der Waals surface area contributed by atoms with Gasteiger partial charge in [0.25, 0.3) is 0 Å². The van der Waals surface area contributed by atoms with Crippen LogP contribution in [0.1, 0.15) is 12.8 Å². The van der Waals surface area contributed by atoms with Gasteiger partial charge in [0.15, 0.2) is 0 Å². The second-order valence-electron chi connectivity index (χ2n) is 2.53. The zero-order valence-electron chi connectivity index (χ0n) is 7.34. The summed E-state index contributed by atoms with van der Waals surface area (Å²) in [7, 11) is 0. The Morgan fingerprint density at radius 2 is 1.31 bits per heavy atom. The standard InChI is InChI=1S/C6H8O8.K.H2O.H/c7-3(8)1-6(14-13,5(11)12)2-4(9)10;;;/h13H,1-2H2,(H,7,8)(H,9,10)(H,11,12);;1H2;. The fraction of sp³-hybridized carbons (Fsp3) is 0.500. The van der Waals surface area contributed by atoms with Gasteiger partial charge in [-0.15, -0.1) is 0 Å². The van der Waals surface area contributed by atoms with Crippen LogP contribution in [-0.2, 0) is 19.3 Å². The van der Waals surface area contributed by atoms with Crippen LogP contribution in [0.3, 0.4) is 0 Å². The van der Waals surface area contributed by atoms with Crippen LogP contribution < -0.4 is 0 Å². The molecule has 0 spiro atoms. The molecular weight excluding hydrogens is 255 g/mol. The van der Waals surface area contributed by atoms with Crippen LogP contribution in [0.4, 0.5) is 0 Å².